The molecule has 3 rings (SSSR count). The molecule has 4 N–H and O–H groups in total. The molecule has 1 fully saturated rings. The van der Waals surface area contributed by atoms with Gasteiger partial charge in [-0.25, -0.2) is 9.37 Å². The summed E-state index contributed by atoms with van der Waals surface area (Å²) in [6.45, 7) is 2.94. The highest BCUT2D eigenvalue weighted by molar-refractivity contribution is 5.47. The van der Waals surface area contributed by atoms with Gasteiger partial charge in [0.15, 0.2) is 0 Å². The van der Waals surface area contributed by atoms with Gasteiger partial charge in [-0.05, 0) is 29.3 Å². The Morgan fingerprint density at radius 2 is 2.28 bits per heavy atom. The van der Waals surface area contributed by atoms with Crippen LogP contribution in [0.3, 0.4) is 0 Å². The third-order valence-corrected chi connectivity index (χ3v) is 4.11. The van der Waals surface area contributed by atoms with Crippen molar-refractivity contribution in [1.29, 1.82) is 0 Å². The molecular weight excluding hydrogens is 323 g/mol. The van der Waals surface area contributed by atoms with Gasteiger partial charge in [0.25, 0.3) is 0 Å². The minimum Gasteiger partial charge on any atom is -0.481 e. The van der Waals surface area contributed by atoms with Gasteiger partial charge in [0.05, 0.1) is 31.2 Å². The number of hydrogen-bond donors (Lipinski definition) is 3. The van der Waals surface area contributed by atoms with E-state index >= 15 is 0 Å². The van der Waals surface area contributed by atoms with Gasteiger partial charge < -0.3 is 25.8 Å². The molecule has 0 saturated carbocycles. The number of nitrogens with zero attached hydrogens (tertiary/aromatic N) is 1. The van der Waals surface area contributed by atoms with Crippen LogP contribution in [0.2, 0.25) is 0 Å². The van der Waals surface area contributed by atoms with E-state index in [0.29, 0.717) is 37.8 Å². The lowest BCUT2D eigenvalue weighted by molar-refractivity contribution is 0.0275. The number of methoxy groups -OCH3 is 1. The molecule has 134 valence electrons. The van der Waals surface area contributed by atoms with Crippen molar-refractivity contribution in [2.75, 3.05) is 32.1 Å². The molecule has 1 aliphatic rings. The molecule has 7 heteroatoms. The Morgan fingerprint density at radius 1 is 1.40 bits per heavy atom. The molecule has 25 heavy (non-hydrogen) atoms. The average Bonchev–Trinajstić information content (AvgIpc) is 2.67. The Bertz CT molecular complexity index is 698. The van der Waals surface area contributed by atoms with E-state index in [2.05, 4.69) is 15.6 Å². The third-order valence-electron chi connectivity index (χ3n) is 4.11. The van der Waals surface area contributed by atoms with E-state index in [1.165, 1.54) is 6.07 Å². The Labute approximate surface area is 146 Å². The van der Waals surface area contributed by atoms with Crippen LogP contribution in [0.1, 0.15) is 22.9 Å². The Balaban J connectivity index is 1.69. The van der Waals surface area contributed by atoms with E-state index in [1.807, 2.05) is 12.1 Å². The van der Waals surface area contributed by atoms with Crippen LogP contribution in [-0.4, -0.2) is 31.8 Å². The van der Waals surface area contributed by atoms with Crippen LogP contribution in [0, 0.1) is 5.82 Å². The van der Waals surface area contributed by atoms with Crippen molar-refractivity contribution in [3.8, 4) is 5.88 Å². The van der Waals surface area contributed by atoms with Crippen LogP contribution in [0.15, 0.2) is 30.3 Å². The first-order valence-electron chi connectivity index (χ1n) is 8.29. The van der Waals surface area contributed by atoms with Crippen molar-refractivity contribution >= 4 is 5.69 Å². The van der Waals surface area contributed by atoms with Crippen molar-refractivity contribution in [1.82, 2.24) is 10.3 Å². The molecule has 2 heterocycles. The average molecular weight is 346 g/mol. The Hall–Kier alpha value is -2.22. The molecule has 1 aliphatic heterocycles. The van der Waals surface area contributed by atoms with Crippen LogP contribution in [0.4, 0.5) is 10.1 Å². The number of morpholine rings is 1. The number of halogens is 1. The maximum absolute atomic E-state index is 14.4. The maximum Gasteiger partial charge on any atom is 0.213 e. The molecule has 1 aromatic carbocycles. The Morgan fingerprint density at radius 3 is 2.96 bits per heavy atom. The zero-order valence-electron chi connectivity index (χ0n) is 14.2. The smallest absolute Gasteiger partial charge is 0.213 e. The molecule has 2 aromatic rings. The zero-order valence-corrected chi connectivity index (χ0v) is 14.2. The zero-order chi connectivity index (χ0) is 17.6. The number of aromatic nitrogens is 1. The predicted molar refractivity (Wildman–Crippen MR) is 94.0 cm³/mol. The number of rotatable bonds is 6. The fraction of sp³-hybridized carbons (Fsp3) is 0.389. The van der Waals surface area contributed by atoms with E-state index in [9.17, 15) is 4.39 Å². The van der Waals surface area contributed by atoms with E-state index in [0.717, 1.165) is 23.4 Å². The minimum absolute atomic E-state index is 0.103. The number of benzene rings is 1. The lowest BCUT2D eigenvalue weighted by Gasteiger charge is -2.24. The van der Waals surface area contributed by atoms with Gasteiger partial charge in [-0.15, -0.1) is 0 Å². The summed E-state index contributed by atoms with van der Waals surface area (Å²) in [5, 5.41) is 6.35. The van der Waals surface area contributed by atoms with Gasteiger partial charge in [0.1, 0.15) is 5.82 Å². The number of anilines is 1. The minimum atomic E-state index is -0.299. The summed E-state index contributed by atoms with van der Waals surface area (Å²) in [6.07, 6.45) is -0.103. The quantitative estimate of drug-likeness (QED) is 0.742. The van der Waals surface area contributed by atoms with Crippen LogP contribution >= 0.6 is 0 Å². The van der Waals surface area contributed by atoms with E-state index < -0.39 is 0 Å². The summed E-state index contributed by atoms with van der Waals surface area (Å²) in [6, 6.07) is 8.84. The second kappa shape index (κ2) is 8.24. The van der Waals surface area contributed by atoms with E-state index in [4.69, 9.17) is 15.2 Å². The SMILES string of the molecule is COc1cc(CNc2ccc([C@H]3CNCCO3)cc2F)cc(CN)n1. The highest BCUT2D eigenvalue weighted by atomic mass is 19.1. The molecular formula is C18H23FN4O2. The number of nitrogens with one attached hydrogen (secondary N) is 2. The molecule has 0 unspecified atom stereocenters. The molecule has 1 saturated heterocycles. The highest BCUT2D eigenvalue weighted by Crippen LogP contribution is 2.24. The largest absolute Gasteiger partial charge is 0.481 e. The number of nitrogens with two attached hydrogens (primary N) is 1. The summed E-state index contributed by atoms with van der Waals surface area (Å²) < 4.78 is 25.2. The van der Waals surface area contributed by atoms with Crippen LogP contribution in [0.25, 0.3) is 0 Å². The van der Waals surface area contributed by atoms with Gasteiger partial charge in [-0.1, -0.05) is 6.07 Å². The second-order valence-corrected chi connectivity index (χ2v) is 5.87. The molecule has 0 aliphatic carbocycles. The monoisotopic (exact) mass is 346 g/mol. The summed E-state index contributed by atoms with van der Waals surface area (Å²) in [5.74, 6) is 0.198. The topological polar surface area (TPSA) is 81.4 Å². The van der Waals surface area contributed by atoms with Gasteiger partial charge in [-0.3, -0.25) is 0 Å². The Kier molecular flexibility index (Phi) is 5.80. The van der Waals surface area contributed by atoms with E-state index in [1.54, 1.807) is 19.2 Å². The van der Waals surface area contributed by atoms with Gasteiger partial charge in [0, 0.05) is 32.2 Å². The number of ether oxygens (including phenoxy) is 2. The molecule has 6 nitrogen and oxygen atoms in total. The van der Waals surface area contributed by atoms with Gasteiger partial charge >= 0.3 is 0 Å². The maximum atomic E-state index is 14.4. The summed E-state index contributed by atoms with van der Waals surface area (Å²) in [7, 11) is 1.56. The first-order valence-corrected chi connectivity index (χ1v) is 8.29. The lowest BCUT2D eigenvalue weighted by atomic mass is 10.1. The van der Waals surface area contributed by atoms with Crippen molar-refractivity contribution < 1.29 is 13.9 Å². The van der Waals surface area contributed by atoms with Crippen molar-refractivity contribution in [3.05, 3.63) is 53.0 Å². The van der Waals surface area contributed by atoms with Crippen LogP contribution < -0.4 is 21.1 Å². The lowest BCUT2D eigenvalue weighted by Crippen LogP contribution is -2.33. The predicted octanol–water partition coefficient (Wildman–Crippen LogP) is 1.96. The molecule has 0 amide bonds. The van der Waals surface area contributed by atoms with Crippen molar-refractivity contribution in [3.63, 3.8) is 0 Å². The van der Waals surface area contributed by atoms with Crippen molar-refractivity contribution in [2.24, 2.45) is 5.73 Å². The summed E-state index contributed by atoms with van der Waals surface area (Å²) in [5.41, 5.74) is 8.58. The first kappa shape index (κ1) is 17.6. The molecule has 0 bridgehead atoms. The summed E-state index contributed by atoms with van der Waals surface area (Å²) >= 11 is 0. The van der Waals surface area contributed by atoms with Crippen molar-refractivity contribution in [2.45, 2.75) is 19.2 Å². The first-order chi connectivity index (χ1) is 12.2. The van der Waals surface area contributed by atoms with E-state index in [-0.39, 0.29) is 11.9 Å². The molecule has 1 aromatic heterocycles. The molecule has 1 atom stereocenters. The number of hydrogen-bond acceptors (Lipinski definition) is 6. The highest BCUT2D eigenvalue weighted by Gasteiger charge is 2.17. The standard InChI is InChI=1S/C18H23FN4O2/c1-24-18-7-12(6-14(9-20)23-18)10-22-16-3-2-13(8-15(16)19)17-11-21-4-5-25-17/h2-3,6-8,17,21-22H,4-5,9-11,20H2,1H3/t17-/m1/s1. The third kappa shape index (κ3) is 4.45. The van der Waals surface area contributed by atoms with Crippen LogP contribution in [0.5, 0.6) is 5.88 Å². The molecule has 0 spiro atoms. The molecule has 0 radical (unpaired) electrons. The van der Waals surface area contributed by atoms with Gasteiger partial charge in [-0.2, -0.15) is 0 Å². The second-order valence-electron chi connectivity index (χ2n) is 5.87. The van der Waals surface area contributed by atoms with Gasteiger partial charge in [0.2, 0.25) is 5.88 Å². The fourth-order valence-corrected chi connectivity index (χ4v) is 2.78. The van der Waals surface area contributed by atoms with Crippen LogP contribution in [-0.2, 0) is 17.8 Å². The summed E-state index contributed by atoms with van der Waals surface area (Å²) in [4.78, 5) is 4.24. The fourth-order valence-electron chi connectivity index (χ4n) is 2.78. The number of pyridine rings is 1. The normalized spacial score (nSPS) is 17.3.